The van der Waals surface area contributed by atoms with E-state index in [0.717, 1.165) is 33.6 Å². The van der Waals surface area contributed by atoms with Crippen LogP contribution in [0.25, 0.3) is 11.1 Å². The summed E-state index contributed by atoms with van der Waals surface area (Å²) in [6.45, 7) is 0. The van der Waals surface area contributed by atoms with Crippen molar-refractivity contribution in [2.75, 3.05) is 24.3 Å². The third-order valence-electron chi connectivity index (χ3n) is 5.55. The second-order valence-corrected chi connectivity index (χ2v) is 7.99. The van der Waals surface area contributed by atoms with Gasteiger partial charge in [-0.1, -0.05) is 72.8 Å². The standard InChI is InChI=1S/C28H27N3O/c1-31(2)27-20-29-18-17-25(27)23-13-15-24(16-14-23)30-28(32)19-26(21-9-5-3-6-10-21)22-11-7-4-8-12-22/h3-18,20,26H,19H2,1-2H3,(H,30,32). The number of anilines is 2. The first-order valence-corrected chi connectivity index (χ1v) is 10.7. The molecule has 1 N–H and O–H groups in total. The van der Waals surface area contributed by atoms with Crippen molar-refractivity contribution in [2.45, 2.75) is 12.3 Å². The van der Waals surface area contributed by atoms with Gasteiger partial charge in [-0.2, -0.15) is 0 Å². The summed E-state index contributed by atoms with van der Waals surface area (Å²) in [7, 11) is 4.01. The smallest absolute Gasteiger partial charge is 0.225 e. The lowest BCUT2D eigenvalue weighted by Gasteiger charge is -2.18. The van der Waals surface area contributed by atoms with Crippen molar-refractivity contribution in [3.8, 4) is 11.1 Å². The highest BCUT2D eigenvalue weighted by molar-refractivity contribution is 5.92. The zero-order valence-electron chi connectivity index (χ0n) is 18.4. The van der Waals surface area contributed by atoms with Crippen LogP contribution in [0, 0.1) is 0 Å². The van der Waals surface area contributed by atoms with Crippen molar-refractivity contribution in [1.82, 2.24) is 4.98 Å². The molecule has 0 fully saturated rings. The van der Waals surface area contributed by atoms with Gasteiger partial charge in [0.25, 0.3) is 0 Å². The van der Waals surface area contributed by atoms with Gasteiger partial charge in [-0.05, 0) is 34.9 Å². The number of amides is 1. The van der Waals surface area contributed by atoms with E-state index in [2.05, 4.69) is 34.6 Å². The molecule has 4 rings (SSSR count). The number of carbonyl (C=O) groups is 1. The summed E-state index contributed by atoms with van der Waals surface area (Å²) in [6, 6.07) is 30.4. The van der Waals surface area contributed by atoms with Crippen LogP contribution in [0.3, 0.4) is 0 Å². The maximum Gasteiger partial charge on any atom is 0.225 e. The fraction of sp³-hybridized carbons (Fsp3) is 0.143. The first kappa shape index (κ1) is 21.3. The van der Waals surface area contributed by atoms with Gasteiger partial charge in [-0.15, -0.1) is 0 Å². The molecule has 3 aromatic carbocycles. The van der Waals surface area contributed by atoms with Crippen molar-refractivity contribution in [1.29, 1.82) is 0 Å². The molecule has 4 nitrogen and oxygen atoms in total. The predicted octanol–water partition coefficient (Wildman–Crippen LogP) is 5.98. The number of aromatic nitrogens is 1. The molecule has 0 saturated heterocycles. The van der Waals surface area contributed by atoms with Gasteiger partial charge >= 0.3 is 0 Å². The quantitative estimate of drug-likeness (QED) is 0.399. The van der Waals surface area contributed by atoms with Crippen LogP contribution < -0.4 is 10.2 Å². The topological polar surface area (TPSA) is 45.2 Å². The van der Waals surface area contributed by atoms with E-state index in [1.54, 1.807) is 6.20 Å². The molecule has 1 aromatic heterocycles. The lowest BCUT2D eigenvalue weighted by Crippen LogP contribution is -2.16. The van der Waals surface area contributed by atoms with E-state index < -0.39 is 0 Å². The third kappa shape index (κ3) is 5.03. The van der Waals surface area contributed by atoms with E-state index in [0.29, 0.717) is 6.42 Å². The Labute approximate surface area is 189 Å². The Hall–Kier alpha value is -3.92. The first-order chi connectivity index (χ1) is 15.6. The lowest BCUT2D eigenvalue weighted by molar-refractivity contribution is -0.116. The first-order valence-electron chi connectivity index (χ1n) is 10.7. The Kier molecular flexibility index (Phi) is 6.61. The van der Waals surface area contributed by atoms with Crippen LogP contribution in [-0.2, 0) is 4.79 Å². The highest BCUT2D eigenvalue weighted by Gasteiger charge is 2.18. The number of benzene rings is 3. The predicted molar refractivity (Wildman–Crippen MR) is 132 cm³/mol. The normalized spacial score (nSPS) is 10.7. The maximum atomic E-state index is 12.9. The van der Waals surface area contributed by atoms with Crippen molar-refractivity contribution in [3.05, 3.63) is 115 Å². The van der Waals surface area contributed by atoms with E-state index in [1.165, 1.54) is 0 Å². The molecule has 0 atom stereocenters. The summed E-state index contributed by atoms with van der Waals surface area (Å²) < 4.78 is 0. The zero-order chi connectivity index (χ0) is 22.3. The van der Waals surface area contributed by atoms with Crippen LogP contribution >= 0.6 is 0 Å². The number of nitrogens with one attached hydrogen (secondary N) is 1. The average molecular weight is 422 g/mol. The van der Waals surface area contributed by atoms with Crippen LogP contribution in [0.4, 0.5) is 11.4 Å². The van der Waals surface area contributed by atoms with Crippen molar-refractivity contribution in [2.24, 2.45) is 0 Å². The molecule has 0 spiro atoms. The average Bonchev–Trinajstić information content (AvgIpc) is 2.84. The molecule has 32 heavy (non-hydrogen) atoms. The Bertz CT molecular complexity index is 1120. The minimum Gasteiger partial charge on any atom is -0.376 e. The van der Waals surface area contributed by atoms with Crippen LogP contribution in [0.1, 0.15) is 23.5 Å². The second-order valence-electron chi connectivity index (χ2n) is 7.99. The molecule has 0 aliphatic heterocycles. The van der Waals surface area contributed by atoms with Gasteiger partial charge in [0.15, 0.2) is 0 Å². The summed E-state index contributed by atoms with van der Waals surface area (Å²) in [5.74, 6) is 0.00416. The Morgan fingerprint density at radius 1 is 0.844 bits per heavy atom. The molecule has 0 aliphatic carbocycles. The third-order valence-corrected chi connectivity index (χ3v) is 5.55. The summed E-state index contributed by atoms with van der Waals surface area (Å²) in [6.07, 6.45) is 4.04. The Morgan fingerprint density at radius 3 is 2.00 bits per heavy atom. The number of rotatable bonds is 7. The number of pyridine rings is 1. The Balaban J connectivity index is 1.50. The second kappa shape index (κ2) is 9.92. The molecule has 0 aliphatic rings. The number of hydrogen-bond acceptors (Lipinski definition) is 3. The summed E-state index contributed by atoms with van der Waals surface area (Å²) in [4.78, 5) is 19.2. The molecule has 4 aromatic rings. The van der Waals surface area contributed by atoms with Gasteiger partial charge in [0, 0.05) is 43.9 Å². The highest BCUT2D eigenvalue weighted by atomic mass is 16.1. The molecule has 1 heterocycles. The number of carbonyl (C=O) groups excluding carboxylic acids is 1. The molecule has 160 valence electrons. The van der Waals surface area contributed by atoms with Gasteiger partial charge < -0.3 is 10.2 Å². The van der Waals surface area contributed by atoms with Gasteiger partial charge in [-0.25, -0.2) is 0 Å². The van der Waals surface area contributed by atoms with Crippen LogP contribution in [-0.4, -0.2) is 25.0 Å². The molecule has 4 heteroatoms. The molecule has 0 radical (unpaired) electrons. The molecule has 1 amide bonds. The summed E-state index contributed by atoms with van der Waals surface area (Å²) in [5.41, 5.74) is 6.31. The molecule has 0 saturated carbocycles. The van der Waals surface area contributed by atoms with Gasteiger partial charge in [-0.3, -0.25) is 9.78 Å². The van der Waals surface area contributed by atoms with Gasteiger partial charge in [0.1, 0.15) is 0 Å². The van der Waals surface area contributed by atoms with Crippen molar-refractivity contribution >= 4 is 17.3 Å². The van der Waals surface area contributed by atoms with Crippen LogP contribution in [0.2, 0.25) is 0 Å². The van der Waals surface area contributed by atoms with Gasteiger partial charge in [0.05, 0.1) is 11.9 Å². The van der Waals surface area contributed by atoms with E-state index in [-0.39, 0.29) is 11.8 Å². The molecule has 0 bridgehead atoms. The fourth-order valence-corrected chi connectivity index (χ4v) is 3.92. The van der Waals surface area contributed by atoms with E-state index in [1.807, 2.05) is 91.9 Å². The molecular formula is C28H27N3O. The molecular weight excluding hydrogens is 394 g/mol. The van der Waals surface area contributed by atoms with Crippen molar-refractivity contribution in [3.63, 3.8) is 0 Å². The number of nitrogens with zero attached hydrogens (tertiary/aromatic N) is 2. The van der Waals surface area contributed by atoms with Crippen molar-refractivity contribution < 1.29 is 4.79 Å². The van der Waals surface area contributed by atoms with Gasteiger partial charge in [0.2, 0.25) is 5.91 Å². The summed E-state index contributed by atoms with van der Waals surface area (Å²) in [5, 5.41) is 3.07. The Morgan fingerprint density at radius 2 is 1.44 bits per heavy atom. The van der Waals surface area contributed by atoms with E-state index in [9.17, 15) is 4.79 Å². The number of hydrogen-bond donors (Lipinski definition) is 1. The maximum absolute atomic E-state index is 12.9. The monoisotopic (exact) mass is 421 g/mol. The zero-order valence-corrected chi connectivity index (χ0v) is 18.4. The minimum absolute atomic E-state index is 0.00616. The van der Waals surface area contributed by atoms with E-state index in [4.69, 9.17) is 0 Å². The largest absolute Gasteiger partial charge is 0.376 e. The highest BCUT2D eigenvalue weighted by Crippen LogP contribution is 2.31. The minimum atomic E-state index is -0.00616. The van der Waals surface area contributed by atoms with E-state index >= 15 is 0 Å². The molecule has 0 unspecified atom stereocenters. The van der Waals surface area contributed by atoms with Crippen LogP contribution in [0.5, 0.6) is 0 Å². The van der Waals surface area contributed by atoms with Crippen LogP contribution in [0.15, 0.2) is 103 Å². The fourth-order valence-electron chi connectivity index (χ4n) is 3.92. The SMILES string of the molecule is CN(C)c1cnccc1-c1ccc(NC(=O)CC(c2ccccc2)c2ccccc2)cc1. The summed E-state index contributed by atoms with van der Waals surface area (Å²) >= 11 is 0. The lowest BCUT2D eigenvalue weighted by atomic mass is 9.88.